The van der Waals surface area contributed by atoms with Gasteiger partial charge in [-0.25, -0.2) is 4.79 Å². The van der Waals surface area contributed by atoms with Crippen molar-refractivity contribution < 1.29 is 9.53 Å². The SMILES string of the molecule is CNC(=O)Nc1cccc(C)c1COc1cc(C)c(C)cc1C. The Kier molecular flexibility index (Phi) is 5.27. The van der Waals surface area contributed by atoms with E-state index < -0.39 is 0 Å². The fourth-order valence-electron chi connectivity index (χ4n) is 2.44. The molecule has 2 aromatic carbocycles. The first-order chi connectivity index (χ1) is 10.9. The predicted octanol–water partition coefficient (Wildman–Crippen LogP) is 4.25. The summed E-state index contributed by atoms with van der Waals surface area (Å²) in [6.45, 7) is 8.65. The van der Waals surface area contributed by atoms with Gasteiger partial charge in [-0.2, -0.15) is 0 Å². The monoisotopic (exact) mass is 312 g/mol. The normalized spacial score (nSPS) is 10.3. The smallest absolute Gasteiger partial charge is 0.318 e. The molecule has 0 aliphatic carbocycles. The van der Waals surface area contributed by atoms with Gasteiger partial charge in [0.2, 0.25) is 0 Å². The van der Waals surface area contributed by atoms with Crippen LogP contribution in [0.3, 0.4) is 0 Å². The number of carbonyl (C=O) groups is 1. The number of carbonyl (C=O) groups excluding carboxylic acids is 1. The third-order valence-corrected chi connectivity index (χ3v) is 4.05. The summed E-state index contributed by atoms with van der Waals surface area (Å²) >= 11 is 0. The molecule has 0 aliphatic heterocycles. The number of hydrogen-bond acceptors (Lipinski definition) is 2. The zero-order valence-corrected chi connectivity index (χ0v) is 14.4. The average molecular weight is 312 g/mol. The zero-order chi connectivity index (χ0) is 17.0. The molecule has 0 fully saturated rings. The van der Waals surface area contributed by atoms with Crippen LogP contribution in [-0.4, -0.2) is 13.1 Å². The highest BCUT2D eigenvalue weighted by molar-refractivity contribution is 5.90. The van der Waals surface area contributed by atoms with Crippen LogP contribution in [0.15, 0.2) is 30.3 Å². The van der Waals surface area contributed by atoms with Gasteiger partial charge in [0.25, 0.3) is 0 Å². The van der Waals surface area contributed by atoms with E-state index in [9.17, 15) is 4.79 Å². The van der Waals surface area contributed by atoms with Gasteiger partial charge in [0.15, 0.2) is 0 Å². The van der Waals surface area contributed by atoms with Crippen molar-refractivity contribution in [1.29, 1.82) is 0 Å². The maximum atomic E-state index is 11.6. The van der Waals surface area contributed by atoms with Crippen molar-refractivity contribution in [3.63, 3.8) is 0 Å². The third-order valence-electron chi connectivity index (χ3n) is 4.05. The van der Waals surface area contributed by atoms with E-state index in [0.717, 1.165) is 28.1 Å². The number of anilines is 1. The van der Waals surface area contributed by atoms with Crippen LogP contribution >= 0.6 is 0 Å². The van der Waals surface area contributed by atoms with Crippen LogP contribution < -0.4 is 15.4 Å². The minimum absolute atomic E-state index is 0.237. The van der Waals surface area contributed by atoms with Gasteiger partial charge < -0.3 is 15.4 Å². The molecule has 0 aromatic heterocycles. The van der Waals surface area contributed by atoms with E-state index in [4.69, 9.17) is 4.74 Å². The minimum atomic E-state index is -0.237. The fourth-order valence-corrected chi connectivity index (χ4v) is 2.44. The standard InChI is InChI=1S/C19H24N2O2/c1-12-7-6-8-17(21-19(22)20-5)16(12)11-23-18-10-14(3)13(2)9-15(18)4/h6-10H,11H2,1-5H3,(H2,20,21,22). The predicted molar refractivity (Wildman–Crippen MR) is 94.2 cm³/mol. The van der Waals surface area contributed by atoms with Crippen LogP contribution in [0.1, 0.15) is 27.8 Å². The maximum Gasteiger partial charge on any atom is 0.318 e. The average Bonchev–Trinajstić information content (AvgIpc) is 2.51. The van der Waals surface area contributed by atoms with Gasteiger partial charge in [-0.15, -0.1) is 0 Å². The summed E-state index contributed by atoms with van der Waals surface area (Å²) in [6.07, 6.45) is 0. The van der Waals surface area contributed by atoms with Gasteiger partial charge in [0.1, 0.15) is 12.4 Å². The Morgan fingerprint density at radius 2 is 1.70 bits per heavy atom. The van der Waals surface area contributed by atoms with Gasteiger partial charge in [-0.3, -0.25) is 0 Å². The number of hydrogen-bond donors (Lipinski definition) is 2. The van der Waals surface area contributed by atoms with E-state index in [2.05, 4.69) is 36.6 Å². The summed E-state index contributed by atoms with van der Waals surface area (Å²) in [4.78, 5) is 11.6. The first-order valence-corrected chi connectivity index (χ1v) is 7.70. The van der Waals surface area contributed by atoms with Crippen molar-refractivity contribution in [2.24, 2.45) is 0 Å². The van der Waals surface area contributed by atoms with Gasteiger partial charge >= 0.3 is 6.03 Å². The summed E-state index contributed by atoms with van der Waals surface area (Å²) in [6, 6.07) is 9.78. The Labute approximate surface area is 137 Å². The van der Waals surface area contributed by atoms with Crippen LogP contribution in [0.25, 0.3) is 0 Å². The molecule has 0 saturated heterocycles. The molecule has 0 unspecified atom stereocenters. The lowest BCUT2D eigenvalue weighted by Crippen LogP contribution is -2.25. The topological polar surface area (TPSA) is 50.4 Å². The zero-order valence-electron chi connectivity index (χ0n) is 14.4. The molecule has 0 radical (unpaired) electrons. The second kappa shape index (κ2) is 7.18. The Morgan fingerprint density at radius 1 is 1.00 bits per heavy atom. The molecule has 0 heterocycles. The molecule has 122 valence electrons. The van der Waals surface area contributed by atoms with Gasteiger partial charge in [0.05, 0.1) is 0 Å². The Balaban J connectivity index is 2.23. The summed E-state index contributed by atoms with van der Waals surface area (Å²) in [5, 5.41) is 5.41. The van der Waals surface area contributed by atoms with Gasteiger partial charge in [0, 0.05) is 18.3 Å². The molecule has 2 rings (SSSR count). The lowest BCUT2D eigenvalue weighted by Gasteiger charge is -2.16. The second-order valence-corrected chi connectivity index (χ2v) is 5.80. The Morgan fingerprint density at radius 3 is 2.39 bits per heavy atom. The third kappa shape index (κ3) is 4.03. The summed E-state index contributed by atoms with van der Waals surface area (Å²) in [7, 11) is 1.60. The molecular formula is C19H24N2O2. The molecule has 23 heavy (non-hydrogen) atoms. The number of rotatable bonds is 4. The molecular weight excluding hydrogens is 288 g/mol. The number of ether oxygens (including phenoxy) is 1. The molecule has 0 spiro atoms. The van der Waals surface area contributed by atoms with Crippen molar-refractivity contribution in [2.45, 2.75) is 34.3 Å². The number of amides is 2. The largest absolute Gasteiger partial charge is 0.489 e. The van der Waals surface area contributed by atoms with Crippen LogP contribution in [-0.2, 0) is 6.61 Å². The van der Waals surface area contributed by atoms with Crippen molar-refractivity contribution in [3.8, 4) is 5.75 Å². The first-order valence-electron chi connectivity index (χ1n) is 7.70. The molecule has 0 saturated carbocycles. The number of nitrogens with one attached hydrogen (secondary N) is 2. The highest BCUT2D eigenvalue weighted by atomic mass is 16.5. The van der Waals surface area contributed by atoms with E-state index in [1.165, 1.54) is 11.1 Å². The molecule has 2 amide bonds. The van der Waals surface area contributed by atoms with Crippen molar-refractivity contribution in [2.75, 3.05) is 12.4 Å². The summed E-state index contributed by atoms with van der Waals surface area (Å²) in [5.74, 6) is 0.877. The van der Waals surface area contributed by atoms with E-state index in [1.54, 1.807) is 7.05 Å². The minimum Gasteiger partial charge on any atom is -0.489 e. The molecule has 0 bridgehead atoms. The van der Waals surface area contributed by atoms with Crippen molar-refractivity contribution in [3.05, 3.63) is 58.1 Å². The molecule has 0 atom stereocenters. The van der Waals surface area contributed by atoms with Crippen LogP contribution in [0.5, 0.6) is 5.75 Å². The molecule has 0 aliphatic rings. The number of aryl methyl sites for hydroxylation is 4. The number of urea groups is 1. The summed E-state index contributed by atoms with van der Waals surface area (Å²) in [5.41, 5.74) is 6.41. The quantitative estimate of drug-likeness (QED) is 0.886. The molecule has 2 N–H and O–H groups in total. The Hall–Kier alpha value is -2.49. The lowest BCUT2D eigenvalue weighted by atomic mass is 10.1. The second-order valence-electron chi connectivity index (χ2n) is 5.80. The van der Waals surface area contributed by atoms with Crippen LogP contribution in [0.4, 0.5) is 10.5 Å². The summed E-state index contributed by atoms with van der Waals surface area (Å²) < 4.78 is 6.02. The number of benzene rings is 2. The van der Waals surface area contributed by atoms with E-state index in [1.807, 2.05) is 32.0 Å². The fraction of sp³-hybridized carbons (Fsp3) is 0.316. The molecule has 4 heteroatoms. The van der Waals surface area contributed by atoms with Crippen LogP contribution in [0.2, 0.25) is 0 Å². The van der Waals surface area contributed by atoms with E-state index in [-0.39, 0.29) is 6.03 Å². The van der Waals surface area contributed by atoms with E-state index >= 15 is 0 Å². The first kappa shape index (κ1) is 16.9. The molecule has 2 aromatic rings. The van der Waals surface area contributed by atoms with E-state index in [0.29, 0.717) is 6.61 Å². The highest BCUT2D eigenvalue weighted by Crippen LogP contribution is 2.26. The van der Waals surface area contributed by atoms with Gasteiger partial charge in [-0.1, -0.05) is 18.2 Å². The van der Waals surface area contributed by atoms with Crippen LogP contribution in [0, 0.1) is 27.7 Å². The van der Waals surface area contributed by atoms with Crippen molar-refractivity contribution in [1.82, 2.24) is 5.32 Å². The van der Waals surface area contributed by atoms with Crippen molar-refractivity contribution >= 4 is 11.7 Å². The molecule has 4 nitrogen and oxygen atoms in total. The highest BCUT2D eigenvalue weighted by Gasteiger charge is 2.10. The van der Waals surface area contributed by atoms with Gasteiger partial charge in [-0.05, 0) is 62.1 Å². The lowest BCUT2D eigenvalue weighted by molar-refractivity contribution is 0.254. The maximum absolute atomic E-state index is 11.6. The Bertz CT molecular complexity index is 724.